The summed E-state index contributed by atoms with van der Waals surface area (Å²) in [7, 11) is 0. The molecule has 1 aliphatic carbocycles. The zero-order valence-corrected chi connectivity index (χ0v) is 4.93. The maximum Gasteiger partial charge on any atom is 0.316 e. The standard InChI is InChI=1S/C6H4F2O2/c7-6(8)3-4(9)1-2-5(6)10/h1-2H,3H2. The zero-order chi connectivity index (χ0) is 7.78. The van der Waals surface area contributed by atoms with Gasteiger partial charge in [0.25, 0.3) is 0 Å². The Balaban J connectivity index is 2.93. The molecule has 0 fully saturated rings. The van der Waals surface area contributed by atoms with Crippen molar-refractivity contribution >= 4 is 11.6 Å². The van der Waals surface area contributed by atoms with Gasteiger partial charge in [-0.25, -0.2) is 0 Å². The first-order valence-corrected chi connectivity index (χ1v) is 2.65. The largest absolute Gasteiger partial charge is 0.316 e. The highest BCUT2D eigenvalue weighted by molar-refractivity contribution is 6.08. The molecule has 10 heavy (non-hydrogen) atoms. The number of carbonyl (C=O) groups excluding carboxylic acids is 2. The highest BCUT2D eigenvalue weighted by Crippen LogP contribution is 2.23. The summed E-state index contributed by atoms with van der Waals surface area (Å²) in [6, 6.07) is 0. The van der Waals surface area contributed by atoms with Crippen molar-refractivity contribution in [1.29, 1.82) is 0 Å². The maximum atomic E-state index is 12.2. The van der Waals surface area contributed by atoms with Crippen molar-refractivity contribution in [2.24, 2.45) is 0 Å². The highest BCUT2D eigenvalue weighted by Gasteiger charge is 2.40. The molecule has 0 aliphatic heterocycles. The van der Waals surface area contributed by atoms with Gasteiger partial charge in [0.15, 0.2) is 5.78 Å². The fraction of sp³-hybridized carbons (Fsp3) is 0.333. The molecule has 0 radical (unpaired) electrons. The molecule has 0 aromatic heterocycles. The van der Waals surface area contributed by atoms with Gasteiger partial charge in [-0.15, -0.1) is 0 Å². The fourth-order valence-corrected chi connectivity index (χ4v) is 0.655. The lowest BCUT2D eigenvalue weighted by molar-refractivity contribution is -0.144. The van der Waals surface area contributed by atoms with Crippen LogP contribution >= 0.6 is 0 Å². The molecule has 0 bridgehead atoms. The topological polar surface area (TPSA) is 34.1 Å². The van der Waals surface area contributed by atoms with Gasteiger partial charge in [-0.3, -0.25) is 9.59 Å². The summed E-state index contributed by atoms with van der Waals surface area (Å²) in [6.07, 6.45) is 0.508. The second kappa shape index (κ2) is 1.97. The van der Waals surface area contributed by atoms with Crippen LogP contribution in [-0.2, 0) is 9.59 Å². The molecule has 0 N–H and O–H groups in total. The molecule has 1 aliphatic rings. The van der Waals surface area contributed by atoms with Crippen molar-refractivity contribution in [2.75, 3.05) is 0 Å². The van der Waals surface area contributed by atoms with E-state index in [0.717, 1.165) is 6.08 Å². The summed E-state index contributed by atoms with van der Waals surface area (Å²) in [4.78, 5) is 20.6. The number of alkyl halides is 2. The first-order valence-electron chi connectivity index (χ1n) is 2.65. The van der Waals surface area contributed by atoms with Gasteiger partial charge in [0.1, 0.15) is 0 Å². The van der Waals surface area contributed by atoms with Crippen LogP contribution in [0.5, 0.6) is 0 Å². The van der Waals surface area contributed by atoms with Crippen LogP contribution in [0.2, 0.25) is 0 Å². The van der Waals surface area contributed by atoms with Crippen molar-refractivity contribution < 1.29 is 18.4 Å². The third kappa shape index (κ3) is 1.10. The van der Waals surface area contributed by atoms with Gasteiger partial charge in [0, 0.05) is 0 Å². The molecule has 0 unspecified atom stereocenters. The van der Waals surface area contributed by atoms with Crippen molar-refractivity contribution in [1.82, 2.24) is 0 Å². The molecule has 0 aromatic carbocycles. The predicted molar refractivity (Wildman–Crippen MR) is 28.7 cm³/mol. The molecule has 0 amide bonds. The van der Waals surface area contributed by atoms with Crippen LogP contribution in [0.15, 0.2) is 12.2 Å². The molecule has 0 aromatic rings. The Labute approximate surface area is 55.5 Å². The average molecular weight is 146 g/mol. The zero-order valence-electron chi connectivity index (χ0n) is 4.93. The first kappa shape index (κ1) is 7.05. The molecular formula is C6H4F2O2. The second-order valence-corrected chi connectivity index (χ2v) is 2.05. The van der Waals surface area contributed by atoms with E-state index in [-0.39, 0.29) is 0 Å². The van der Waals surface area contributed by atoms with E-state index in [1.807, 2.05) is 0 Å². The number of carbonyl (C=O) groups is 2. The predicted octanol–water partition coefficient (Wildman–Crippen LogP) is 0.720. The molecule has 0 atom stereocenters. The lowest BCUT2D eigenvalue weighted by Gasteiger charge is -2.13. The molecule has 0 saturated heterocycles. The van der Waals surface area contributed by atoms with E-state index < -0.39 is 23.9 Å². The maximum absolute atomic E-state index is 12.2. The fourth-order valence-electron chi connectivity index (χ4n) is 0.655. The van der Waals surface area contributed by atoms with E-state index in [2.05, 4.69) is 0 Å². The molecule has 54 valence electrons. The van der Waals surface area contributed by atoms with Gasteiger partial charge in [0.05, 0.1) is 6.42 Å². The van der Waals surface area contributed by atoms with Crippen molar-refractivity contribution in [3.63, 3.8) is 0 Å². The van der Waals surface area contributed by atoms with E-state index in [1.165, 1.54) is 0 Å². The summed E-state index contributed by atoms with van der Waals surface area (Å²) in [5, 5.41) is 0. The van der Waals surface area contributed by atoms with Crippen LogP contribution in [0.3, 0.4) is 0 Å². The number of rotatable bonds is 0. The van der Waals surface area contributed by atoms with Gasteiger partial charge in [-0.05, 0) is 12.2 Å². The van der Waals surface area contributed by atoms with Gasteiger partial charge >= 0.3 is 5.92 Å². The molecule has 0 heterocycles. The van der Waals surface area contributed by atoms with Crippen LogP contribution in [0.25, 0.3) is 0 Å². The van der Waals surface area contributed by atoms with Crippen LogP contribution in [0.4, 0.5) is 8.78 Å². The molecule has 2 nitrogen and oxygen atoms in total. The van der Waals surface area contributed by atoms with Gasteiger partial charge < -0.3 is 0 Å². The number of halogens is 2. The Morgan fingerprint density at radius 3 is 2.30 bits per heavy atom. The number of ketones is 2. The SMILES string of the molecule is O=C1C=CC(=O)C(F)(F)C1. The van der Waals surface area contributed by atoms with E-state index in [0.29, 0.717) is 6.08 Å². The van der Waals surface area contributed by atoms with E-state index in [9.17, 15) is 18.4 Å². The molecule has 0 spiro atoms. The lowest BCUT2D eigenvalue weighted by Crippen LogP contribution is -2.32. The first-order chi connectivity index (χ1) is 4.52. The van der Waals surface area contributed by atoms with E-state index >= 15 is 0 Å². The number of hydrogen-bond acceptors (Lipinski definition) is 2. The summed E-state index contributed by atoms with van der Waals surface area (Å²) in [6.45, 7) is 0. The van der Waals surface area contributed by atoms with E-state index in [1.54, 1.807) is 0 Å². The van der Waals surface area contributed by atoms with E-state index in [4.69, 9.17) is 0 Å². The van der Waals surface area contributed by atoms with Crippen LogP contribution in [-0.4, -0.2) is 17.5 Å². The Morgan fingerprint density at radius 1 is 1.30 bits per heavy atom. The van der Waals surface area contributed by atoms with Gasteiger partial charge in [-0.2, -0.15) is 8.78 Å². The highest BCUT2D eigenvalue weighted by atomic mass is 19.3. The molecular weight excluding hydrogens is 142 g/mol. The Kier molecular flexibility index (Phi) is 1.39. The van der Waals surface area contributed by atoms with Gasteiger partial charge in [-0.1, -0.05) is 0 Å². The van der Waals surface area contributed by atoms with Crippen molar-refractivity contribution in [3.05, 3.63) is 12.2 Å². The minimum atomic E-state index is -3.47. The molecule has 1 rings (SSSR count). The molecule has 0 saturated carbocycles. The quantitative estimate of drug-likeness (QED) is 0.504. The Hall–Kier alpha value is -1.06. The number of allylic oxidation sites excluding steroid dienone is 2. The smallest absolute Gasteiger partial charge is 0.295 e. The van der Waals surface area contributed by atoms with Crippen molar-refractivity contribution in [3.8, 4) is 0 Å². The summed E-state index contributed by atoms with van der Waals surface area (Å²) in [5.74, 6) is -5.46. The normalized spacial score (nSPS) is 23.4. The monoisotopic (exact) mass is 146 g/mol. The van der Waals surface area contributed by atoms with Crippen LogP contribution in [0.1, 0.15) is 6.42 Å². The van der Waals surface area contributed by atoms with Crippen LogP contribution < -0.4 is 0 Å². The summed E-state index contributed by atoms with van der Waals surface area (Å²) < 4.78 is 24.5. The minimum absolute atomic E-state index is 0.617. The van der Waals surface area contributed by atoms with Gasteiger partial charge in [0.2, 0.25) is 5.78 Å². The number of hydrogen-bond donors (Lipinski definition) is 0. The molecule has 4 heteroatoms. The Morgan fingerprint density at radius 2 is 1.90 bits per heavy atom. The summed E-state index contributed by atoms with van der Waals surface area (Å²) in [5.41, 5.74) is 0. The Bertz CT molecular complexity index is 218. The minimum Gasteiger partial charge on any atom is -0.295 e. The van der Waals surface area contributed by atoms with Crippen molar-refractivity contribution in [2.45, 2.75) is 12.3 Å². The second-order valence-electron chi connectivity index (χ2n) is 2.05. The average Bonchev–Trinajstić information content (AvgIpc) is 1.78. The third-order valence-electron chi connectivity index (χ3n) is 1.18. The third-order valence-corrected chi connectivity index (χ3v) is 1.18. The lowest BCUT2D eigenvalue weighted by atomic mass is 10.0. The summed E-state index contributed by atoms with van der Waals surface area (Å²) >= 11 is 0. The van der Waals surface area contributed by atoms with Crippen LogP contribution in [0, 0.1) is 0 Å².